The third-order valence-electron chi connectivity index (χ3n) is 9.60. The number of aromatic nitrogens is 4. The molecule has 254 valence electrons. The number of thiol groups is 1. The maximum atomic E-state index is 14.4. The fourth-order valence-electron chi connectivity index (χ4n) is 7.08. The van der Waals surface area contributed by atoms with Crippen molar-refractivity contribution in [1.29, 1.82) is 0 Å². The van der Waals surface area contributed by atoms with Crippen molar-refractivity contribution in [3.05, 3.63) is 52.8 Å². The molecule has 15 heteroatoms. The smallest absolute Gasteiger partial charge is 0.248 e. The highest BCUT2D eigenvalue weighted by atomic mass is 32.2. The van der Waals surface area contributed by atoms with E-state index in [4.69, 9.17) is 4.52 Å². The average molecular weight is 675 g/mol. The second kappa shape index (κ2) is 12.5. The summed E-state index contributed by atoms with van der Waals surface area (Å²) in [6.45, 7) is 3.50. The first-order valence-electron chi connectivity index (χ1n) is 15.6. The maximum Gasteiger partial charge on any atom is 0.248 e. The van der Waals surface area contributed by atoms with Crippen LogP contribution in [-0.4, -0.2) is 81.9 Å². The monoisotopic (exact) mass is 674 g/mol. The summed E-state index contributed by atoms with van der Waals surface area (Å²) in [6.07, 6.45) is -0.645. The van der Waals surface area contributed by atoms with Crippen molar-refractivity contribution < 1.29 is 46.9 Å². The lowest BCUT2D eigenvalue weighted by atomic mass is 9.78. The molecule has 1 saturated heterocycles. The van der Waals surface area contributed by atoms with E-state index in [0.717, 1.165) is 35.2 Å². The van der Waals surface area contributed by atoms with Crippen LogP contribution >= 0.6 is 10.9 Å². The minimum Gasteiger partial charge on any atom is -0.395 e. The fourth-order valence-corrected chi connectivity index (χ4v) is 10.8. The molecule has 3 fully saturated rings. The Morgan fingerprint density at radius 3 is 2.30 bits per heavy atom. The molecule has 6 atom stereocenters. The molecule has 3 aliphatic rings. The Morgan fingerprint density at radius 1 is 1.07 bits per heavy atom. The number of aliphatic hydroxyl groups is 4. The van der Waals surface area contributed by atoms with E-state index >= 15 is 0 Å². The first-order valence-corrected chi connectivity index (χ1v) is 17.3. The van der Waals surface area contributed by atoms with Crippen LogP contribution in [0.1, 0.15) is 86.6 Å². The largest absolute Gasteiger partial charge is 0.395 e. The average Bonchev–Trinajstić information content (AvgIpc) is 3.58. The highest BCUT2D eigenvalue weighted by molar-refractivity contribution is 8.18. The molecule has 3 heterocycles. The Hall–Kier alpha value is -2.59. The van der Waals surface area contributed by atoms with E-state index in [2.05, 4.69) is 15.5 Å². The van der Waals surface area contributed by atoms with E-state index < -0.39 is 88.1 Å². The van der Waals surface area contributed by atoms with Crippen molar-refractivity contribution in [3.8, 4) is 11.3 Å². The Kier molecular flexibility index (Phi) is 9.02. The van der Waals surface area contributed by atoms with Crippen molar-refractivity contribution >= 4 is 10.9 Å². The van der Waals surface area contributed by atoms with Crippen LogP contribution in [0.5, 0.6) is 0 Å². The molecule has 2 saturated carbocycles. The highest BCUT2D eigenvalue weighted by Gasteiger charge is 2.55. The summed E-state index contributed by atoms with van der Waals surface area (Å²) in [5, 5.41) is 56.6. The lowest BCUT2D eigenvalue weighted by molar-refractivity contribution is -0.105. The zero-order chi connectivity index (χ0) is 33.1. The molecule has 2 aliphatic carbocycles. The third-order valence-corrected chi connectivity index (χ3v) is 13.1. The minimum atomic E-state index is -2.94. The van der Waals surface area contributed by atoms with E-state index in [1.165, 1.54) is 6.20 Å². The van der Waals surface area contributed by atoms with Gasteiger partial charge in [-0.2, -0.15) is 0 Å². The van der Waals surface area contributed by atoms with Gasteiger partial charge < -0.3 is 24.9 Å². The second-order valence-electron chi connectivity index (χ2n) is 13.5. The number of hydrogen-bond acceptors (Lipinski definition) is 8. The zero-order valence-corrected chi connectivity index (χ0v) is 26.4. The third kappa shape index (κ3) is 6.20. The van der Waals surface area contributed by atoms with Crippen molar-refractivity contribution in [1.82, 2.24) is 20.2 Å². The fraction of sp³-hybridized carbons (Fsp3) is 0.645. The van der Waals surface area contributed by atoms with Gasteiger partial charge in [-0.1, -0.05) is 24.2 Å². The molecule has 3 aromatic rings. The predicted molar refractivity (Wildman–Crippen MR) is 159 cm³/mol. The molecule has 46 heavy (non-hydrogen) atoms. The summed E-state index contributed by atoms with van der Waals surface area (Å²) in [5.41, 5.74) is -0.565. The van der Waals surface area contributed by atoms with Gasteiger partial charge in [0.05, 0.1) is 35.9 Å². The molecule has 4 N–H and O–H groups in total. The molecular formula is C31H39F5N4O5S. The number of benzene rings is 1. The van der Waals surface area contributed by atoms with Crippen LogP contribution in [0.2, 0.25) is 0 Å². The highest BCUT2D eigenvalue weighted by Crippen LogP contribution is 2.62. The minimum absolute atomic E-state index is 0.0204. The Morgan fingerprint density at radius 2 is 1.72 bits per heavy atom. The summed E-state index contributed by atoms with van der Waals surface area (Å²) in [6, 6.07) is 0.336. The van der Waals surface area contributed by atoms with E-state index in [1.54, 1.807) is 0 Å². The molecule has 0 bridgehead atoms. The molecule has 1 aromatic carbocycles. The van der Waals surface area contributed by atoms with Crippen molar-refractivity contribution in [3.63, 3.8) is 0 Å². The second-order valence-corrected chi connectivity index (χ2v) is 16.1. The lowest BCUT2D eigenvalue weighted by Crippen LogP contribution is -2.53. The first kappa shape index (κ1) is 33.3. The van der Waals surface area contributed by atoms with Crippen LogP contribution in [0, 0.1) is 23.4 Å². The van der Waals surface area contributed by atoms with Crippen LogP contribution in [0.15, 0.2) is 22.9 Å². The number of alkyl halides is 2. The van der Waals surface area contributed by atoms with Crippen LogP contribution < -0.4 is 0 Å². The Labute approximate surface area is 265 Å². The summed E-state index contributed by atoms with van der Waals surface area (Å²) >= 11 is 0. The number of rotatable bonds is 9. The van der Waals surface area contributed by atoms with Crippen molar-refractivity contribution in [2.75, 3.05) is 12.4 Å². The molecule has 0 amide bonds. The van der Waals surface area contributed by atoms with Crippen molar-refractivity contribution in [2.24, 2.45) is 5.92 Å². The lowest BCUT2D eigenvalue weighted by Gasteiger charge is -2.52. The quantitative estimate of drug-likeness (QED) is 0.125. The van der Waals surface area contributed by atoms with Gasteiger partial charge in [-0.25, -0.2) is 37.5 Å². The van der Waals surface area contributed by atoms with Crippen LogP contribution in [0.4, 0.5) is 22.0 Å². The van der Waals surface area contributed by atoms with E-state index in [0.29, 0.717) is 17.9 Å². The van der Waals surface area contributed by atoms with E-state index in [9.17, 15) is 42.4 Å². The van der Waals surface area contributed by atoms with Crippen LogP contribution in [-0.2, 0) is 6.42 Å². The molecule has 9 nitrogen and oxygen atoms in total. The van der Waals surface area contributed by atoms with Gasteiger partial charge >= 0.3 is 0 Å². The van der Waals surface area contributed by atoms with Gasteiger partial charge in [-0.05, 0) is 50.2 Å². The number of hydrogen-bond donors (Lipinski definition) is 5. The molecule has 0 radical (unpaired) electrons. The Balaban J connectivity index is 1.37. The summed E-state index contributed by atoms with van der Waals surface area (Å²) < 4.78 is 77.1. The van der Waals surface area contributed by atoms with Crippen LogP contribution in [0.3, 0.4) is 0 Å². The zero-order valence-electron chi connectivity index (χ0n) is 25.5. The number of aliphatic hydroxyl groups excluding tert-OH is 3. The normalized spacial score (nSPS) is 29.3. The van der Waals surface area contributed by atoms with E-state index in [1.807, 2.05) is 13.8 Å². The standard InChI is InChI=1S/C31H39F5N4O5S/c1-15(2)9-18-25(38-45-28(18)16-3-4-16)29(30(44)5-7-31(35,36)8-6-30)46-14-22(42)26(27(43)23(46)13-41)40-12-21(37-39-40)17-10-19(32)24(34)20(33)11-17/h10-12,15-16,22-23,26-27,29,41-44,46H,3-9,13-14H2,1-2H3/t22-,23+,26-,27-,29-/m0/s1. The van der Waals surface area contributed by atoms with Crippen molar-refractivity contribution in [2.45, 2.75) is 105 Å². The molecule has 2 aromatic heterocycles. The maximum absolute atomic E-state index is 14.4. The topological polar surface area (TPSA) is 138 Å². The molecular weight excluding hydrogens is 635 g/mol. The van der Waals surface area contributed by atoms with Gasteiger partial charge in [-0.3, -0.25) is 0 Å². The molecule has 1 aliphatic heterocycles. The van der Waals surface area contributed by atoms with Gasteiger partial charge in [0.15, 0.2) is 17.5 Å². The summed E-state index contributed by atoms with van der Waals surface area (Å²) in [7, 11) is -1.72. The Bertz CT molecular complexity index is 1530. The van der Waals surface area contributed by atoms with Gasteiger partial charge in [0.2, 0.25) is 5.92 Å². The molecule has 1 unspecified atom stereocenters. The van der Waals surface area contributed by atoms with Gasteiger partial charge in [-0.15, -0.1) is 5.10 Å². The number of halogens is 5. The molecule has 6 rings (SSSR count). The summed E-state index contributed by atoms with van der Waals surface area (Å²) in [5.74, 6) is -6.37. The summed E-state index contributed by atoms with van der Waals surface area (Å²) in [4.78, 5) is 0. The van der Waals surface area contributed by atoms with Gasteiger partial charge in [0.25, 0.3) is 0 Å². The molecule has 0 spiro atoms. The van der Waals surface area contributed by atoms with E-state index in [-0.39, 0.29) is 41.7 Å². The first-order chi connectivity index (χ1) is 21.7. The van der Waals surface area contributed by atoms with Crippen LogP contribution in [0.25, 0.3) is 11.3 Å². The van der Waals surface area contributed by atoms with Gasteiger partial charge in [0, 0.05) is 40.9 Å². The number of nitrogens with zero attached hydrogens (tertiary/aromatic N) is 4. The SMILES string of the molecule is CC(C)Cc1c([C@H]([SH]2C[C@H](O)[C@H](n3cc(-c4cc(F)c(F)c(F)c4)nn3)[C@@H](O)[C@H]2CO)C2(O)CCC(F)(F)CC2)noc1C1CC1. The predicted octanol–water partition coefficient (Wildman–Crippen LogP) is 4.75. The van der Waals surface area contributed by atoms with Gasteiger partial charge in [0.1, 0.15) is 23.2 Å².